The maximum atomic E-state index is 5.53. The third kappa shape index (κ3) is 3.23. The van der Waals surface area contributed by atoms with Crippen molar-refractivity contribution in [2.45, 2.75) is 33.2 Å². The minimum atomic E-state index is 0.742. The highest BCUT2D eigenvalue weighted by atomic mass is 15.0. The van der Waals surface area contributed by atoms with Crippen LogP contribution >= 0.6 is 0 Å². The fraction of sp³-hybridized carbons (Fsp3) is 0.636. The van der Waals surface area contributed by atoms with Gasteiger partial charge < -0.3 is 10.3 Å². The first-order valence-corrected chi connectivity index (χ1v) is 5.08. The number of aromatic nitrogens is 1. The summed E-state index contributed by atoms with van der Waals surface area (Å²) in [5.41, 5.74) is 6.90. The van der Waals surface area contributed by atoms with Gasteiger partial charge in [-0.05, 0) is 37.4 Å². The van der Waals surface area contributed by atoms with Gasteiger partial charge in [0.15, 0.2) is 0 Å². The van der Waals surface area contributed by atoms with Gasteiger partial charge in [0.25, 0.3) is 0 Å². The number of aryl methyl sites for hydroxylation is 1. The van der Waals surface area contributed by atoms with Crippen molar-refractivity contribution in [1.82, 2.24) is 4.57 Å². The van der Waals surface area contributed by atoms with Crippen LogP contribution in [0.3, 0.4) is 0 Å². The van der Waals surface area contributed by atoms with Crippen molar-refractivity contribution in [3.63, 3.8) is 0 Å². The van der Waals surface area contributed by atoms with Crippen LogP contribution in [0.1, 0.15) is 26.0 Å². The summed E-state index contributed by atoms with van der Waals surface area (Å²) < 4.78 is 2.31. The number of nitrogens with zero attached hydrogens (tertiary/aromatic N) is 1. The van der Waals surface area contributed by atoms with Gasteiger partial charge in [0.1, 0.15) is 0 Å². The van der Waals surface area contributed by atoms with Gasteiger partial charge in [0.2, 0.25) is 0 Å². The highest BCUT2D eigenvalue weighted by molar-refractivity contribution is 5.07. The Hall–Kier alpha value is -0.760. The molecule has 2 nitrogen and oxygen atoms in total. The molecule has 2 N–H and O–H groups in total. The van der Waals surface area contributed by atoms with Crippen molar-refractivity contribution >= 4 is 0 Å². The fourth-order valence-electron chi connectivity index (χ4n) is 1.44. The summed E-state index contributed by atoms with van der Waals surface area (Å²) >= 11 is 0. The quantitative estimate of drug-likeness (QED) is 0.738. The topological polar surface area (TPSA) is 30.9 Å². The lowest BCUT2D eigenvalue weighted by Gasteiger charge is -2.09. The Balaban J connectivity index is 2.49. The van der Waals surface area contributed by atoms with Crippen LogP contribution in [0.15, 0.2) is 18.3 Å². The van der Waals surface area contributed by atoms with Crippen LogP contribution in [-0.4, -0.2) is 11.1 Å². The van der Waals surface area contributed by atoms with Crippen molar-refractivity contribution in [2.75, 3.05) is 6.54 Å². The molecule has 13 heavy (non-hydrogen) atoms. The van der Waals surface area contributed by atoms with E-state index in [1.807, 2.05) is 0 Å². The third-order valence-electron chi connectivity index (χ3n) is 2.27. The first kappa shape index (κ1) is 10.3. The molecule has 0 amide bonds. The van der Waals surface area contributed by atoms with E-state index in [0.29, 0.717) is 0 Å². The smallest absolute Gasteiger partial charge is 0.0224 e. The molecular formula is C11H20N2. The van der Waals surface area contributed by atoms with Gasteiger partial charge in [-0.25, -0.2) is 0 Å². The SMILES string of the molecule is CC(C)CCn1cccc1CCN. The van der Waals surface area contributed by atoms with Crippen LogP contribution < -0.4 is 5.73 Å². The molecule has 1 aromatic heterocycles. The van der Waals surface area contributed by atoms with Crippen LogP contribution in [0.25, 0.3) is 0 Å². The van der Waals surface area contributed by atoms with Gasteiger partial charge >= 0.3 is 0 Å². The van der Waals surface area contributed by atoms with E-state index in [1.165, 1.54) is 12.1 Å². The Morgan fingerprint density at radius 1 is 1.46 bits per heavy atom. The van der Waals surface area contributed by atoms with Crippen molar-refractivity contribution in [1.29, 1.82) is 0 Å². The highest BCUT2D eigenvalue weighted by Gasteiger charge is 2.00. The predicted molar refractivity (Wildman–Crippen MR) is 56.6 cm³/mol. The zero-order valence-electron chi connectivity index (χ0n) is 8.66. The summed E-state index contributed by atoms with van der Waals surface area (Å²) in [6.45, 7) is 6.38. The van der Waals surface area contributed by atoms with Crippen LogP contribution in [0, 0.1) is 5.92 Å². The molecule has 0 radical (unpaired) electrons. The van der Waals surface area contributed by atoms with Crippen LogP contribution in [0.5, 0.6) is 0 Å². The Morgan fingerprint density at radius 3 is 2.85 bits per heavy atom. The molecule has 0 aliphatic rings. The first-order chi connectivity index (χ1) is 6.24. The van der Waals surface area contributed by atoms with Gasteiger partial charge in [-0.3, -0.25) is 0 Å². The minimum absolute atomic E-state index is 0.742. The van der Waals surface area contributed by atoms with E-state index in [-0.39, 0.29) is 0 Å². The monoisotopic (exact) mass is 180 g/mol. The minimum Gasteiger partial charge on any atom is -0.351 e. The molecule has 1 heterocycles. The van der Waals surface area contributed by atoms with E-state index in [2.05, 4.69) is 36.7 Å². The zero-order chi connectivity index (χ0) is 9.68. The van der Waals surface area contributed by atoms with E-state index >= 15 is 0 Å². The number of nitrogens with two attached hydrogens (primary N) is 1. The zero-order valence-corrected chi connectivity index (χ0v) is 8.66. The average molecular weight is 180 g/mol. The highest BCUT2D eigenvalue weighted by Crippen LogP contribution is 2.07. The predicted octanol–water partition coefficient (Wildman–Crippen LogP) is 2.04. The molecule has 1 rings (SSSR count). The van der Waals surface area contributed by atoms with Gasteiger partial charge in [0, 0.05) is 18.4 Å². The van der Waals surface area contributed by atoms with Crippen molar-refractivity contribution in [2.24, 2.45) is 11.7 Å². The van der Waals surface area contributed by atoms with Crippen molar-refractivity contribution < 1.29 is 0 Å². The van der Waals surface area contributed by atoms with Crippen molar-refractivity contribution in [3.8, 4) is 0 Å². The summed E-state index contributed by atoms with van der Waals surface area (Å²) in [7, 11) is 0. The standard InChI is InChI=1S/C11H20N2/c1-10(2)6-9-13-8-3-4-11(13)5-7-12/h3-4,8,10H,5-7,9,12H2,1-2H3. The molecule has 0 unspecified atom stereocenters. The molecule has 74 valence electrons. The van der Waals surface area contributed by atoms with E-state index in [0.717, 1.165) is 25.4 Å². The maximum Gasteiger partial charge on any atom is 0.0224 e. The molecule has 1 aromatic rings. The number of hydrogen-bond donors (Lipinski definition) is 1. The van der Waals surface area contributed by atoms with Gasteiger partial charge in [-0.2, -0.15) is 0 Å². The Labute approximate surface area is 80.7 Å². The summed E-state index contributed by atoms with van der Waals surface area (Å²) in [5, 5.41) is 0. The van der Waals surface area contributed by atoms with Crippen LogP contribution in [0.4, 0.5) is 0 Å². The van der Waals surface area contributed by atoms with Crippen LogP contribution in [-0.2, 0) is 13.0 Å². The molecule has 0 bridgehead atoms. The first-order valence-electron chi connectivity index (χ1n) is 5.08. The lowest BCUT2D eigenvalue weighted by Crippen LogP contribution is -2.09. The lowest BCUT2D eigenvalue weighted by molar-refractivity contribution is 0.508. The van der Waals surface area contributed by atoms with Crippen LogP contribution in [0.2, 0.25) is 0 Å². The maximum absolute atomic E-state index is 5.53. The molecule has 0 spiro atoms. The molecule has 0 atom stereocenters. The van der Waals surface area contributed by atoms with Crippen molar-refractivity contribution in [3.05, 3.63) is 24.0 Å². The second kappa shape index (κ2) is 5.07. The van der Waals surface area contributed by atoms with Gasteiger partial charge in [0.05, 0.1) is 0 Å². The summed E-state index contributed by atoms with van der Waals surface area (Å²) in [6, 6.07) is 4.26. The largest absolute Gasteiger partial charge is 0.351 e. The Kier molecular flexibility index (Phi) is 4.03. The molecule has 0 aromatic carbocycles. The summed E-state index contributed by atoms with van der Waals surface area (Å²) in [5.74, 6) is 0.771. The van der Waals surface area contributed by atoms with E-state index in [9.17, 15) is 0 Å². The second-order valence-corrected chi connectivity index (χ2v) is 3.91. The molecule has 0 aliphatic carbocycles. The van der Waals surface area contributed by atoms with E-state index < -0.39 is 0 Å². The fourth-order valence-corrected chi connectivity index (χ4v) is 1.44. The second-order valence-electron chi connectivity index (χ2n) is 3.91. The van der Waals surface area contributed by atoms with Gasteiger partial charge in [-0.1, -0.05) is 13.8 Å². The normalized spacial score (nSPS) is 11.1. The molecule has 2 heteroatoms. The summed E-state index contributed by atoms with van der Waals surface area (Å²) in [4.78, 5) is 0. The third-order valence-corrected chi connectivity index (χ3v) is 2.27. The van der Waals surface area contributed by atoms with Gasteiger partial charge in [-0.15, -0.1) is 0 Å². The Morgan fingerprint density at radius 2 is 2.23 bits per heavy atom. The lowest BCUT2D eigenvalue weighted by atomic mass is 10.1. The Bertz CT molecular complexity index is 238. The molecular weight excluding hydrogens is 160 g/mol. The molecule has 0 fully saturated rings. The molecule has 0 aliphatic heterocycles. The summed E-state index contributed by atoms with van der Waals surface area (Å²) in [6.07, 6.45) is 4.38. The molecule has 0 saturated heterocycles. The molecule has 0 saturated carbocycles. The average Bonchev–Trinajstić information content (AvgIpc) is 2.49. The van der Waals surface area contributed by atoms with E-state index in [1.54, 1.807) is 0 Å². The number of hydrogen-bond acceptors (Lipinski definition) is 1. The van der Waals surface area contributed by atoms with E-state index in [4.69, 9.17) is 5.73 Å². The number of rotatable bonds is 5.